The van der Waals surface area contributed by atoms with Crippen molar-refractivity contribution >= 4 is 23.0 Å². The van der Waals surface area contributed by atoms with Crippen molar-refractivity contribution in [3.8, 4) is 5.75 Å². The molecule has 11 heteroatoms. The summed E-state index contributed by atoms with van der Waals surface area (Å²) >= 11 is 0. The van der Waals surface area contributed by atoms with Crippen molar-refractivity contribution in [2.45, 2.75) is 31.7 Å². The lowest BCUT2D eigenvalue weighted by atomic mass is 10.1. The predicted octanol–water partition coefficient (Wildman–Crippen LogP) is 3.48. The summed E-state index contributed by atoms with van der Waals surface area (Å²) in [6.07, 6.45) is -1.05. The van der Waals surface area contributed by atoms with Crippen LogP contribution >= 0.6 is 0 Å². The Bertz CT molecular complexity index is 1140. The van der Waals surface area contributed by atoms with Gasteiger partial charge in [0.05, 0.1) is 23.8 Å². The zero-order valence-electron chi connectivity index (χ0n) is 20.0. The highest BCUT2D eigenvalue weighted by atomic mass is 19.4. The fraction of sp³-hybridized carbons (Fsp3) is 0.400. The predicted molar refractivity (Wildman–Crippen MR) is 131 cm³/mol. The number of nitrogens with zero attached hydrogens (tertiary/aromatic N) is 3. The van der Waals surface area contributed by atoms with Gasteiger partial charge in [-0.3, -0.25) is 4.79 Å². The number of nitrogens with two attached hydrogens (primary N) is 1. The minimum absolute atomic E-state index is 0.243. The molecular formula is C25H30F3N5O3. The van der Waals surface area contributed by atoms with Crippen LogP contribution in [-0.4, -0.2) is 65.7 Å². The Balaban J connectivity index is 0.00000176. The fourth-order valence-electron chi connectivity index (χ4n) is 3.97. The zero-order chi connectivity index (χ0) is 26.1. The smallest absolute Gasteiger partial charge is 0.416 e. The molecule has 4 rings (SSSR count). The third kappa shape index (κ3) is 7.12. The van der Waals surface area contributed by atoms with E-state index in [-0.39, 0.29) is 12.6 Å². The maximum absolute atomic E-state index is 12.8. The number of aliphatic hydroxyl groups is 1. The van der Waals surface area contributed by atoms with Crippen LogP contribution in [0.2, 0.25) is 0 Å². The molecular weight excluding hydrogens is 475 g/mol. The number of aliphatic hydroxyl groups excluding tert-OH is 1. The molecule has 0 aliphatic carbocycles. The van der Waals surface area contributed by atoms with E-state index < -0.39 is 11.7 Å². The van der Waals surface area contributed by atoms with Gasteiger partial charge in [-0.1, -0.05) is 12.1 Å². The van der Waals surface area contributed by atoms with Crippen molar-refractivity contribution in [3.05, 3.63) is 59.4 Å². The van der Waals surface area contributed by atoms with Gasteiger partial charge in [0.15, 0.2) is 6.29 Å². The Hall–Kier alpha value is -3.28. The van der Waals surface area contributed by atoms with Crippen LogP contribution in [0.25, 0.3) is 10.9 Å². The van der Waals surface area contributed by atoms with Gasteiger partial charge in [0.25, 0.3) is 0 Å². The molecule has 3 aromatic rings. The second-order valence-electron chi connectivity index (χ2n) is 8.24. The molecule has 1 aliphatic rings. The van der Waals surface area contributed by atoms with E-state index in [1.54, 1.807) is 12.1 Å². The molecule has 1 fully saturated rings. The molecule has 2 aromatic carbocycles. The monoisotopic (exact) mass is 505 g/mol. The van der Waals surface area contributed by atoms with E-state index in [9.17, 15) is 23.1 Å². The molecule has 0 spiro atoms. The minimum Gasteiger partial charge on any atom is -0.493 e. The first-order valence-corrected chi connectivity index (χ1v) is 11.6. The van der Waals surface area contributed by atoms with Gasteiger partial charge in [-0.2, -0.15) is 13.2 Å². The number of benzene rings is 2. The molecule has 1 atom stereocenters. The third-order valence-corrected chi connectivity index (χ3v) is 5.74. The topological polar surface area (TPSA) is 114 Å². The molecule has 0 bridgehead atoms. The first kappa shape index (κ1) is 27.3. The number of carbonyl (C=O) groups excluding carboxylic acids is 1. The molecule has 36 heavy (non-hydrogen) atoms. The minimum atomic E-state index is -4.38. The first-order valence-electron chi connectivity index (χ1n) is 11.6. The summed E-state index contributed by atoms with van der Waals surface area (Å²) in [5, 5.41) is 13.3. The number of aldehydes is 1. The van der Waals surface area contributed by atoms with Crippen LogP contribution in [0.1, 0.15) is 34.3 Å². The van der Waals surface area contributed by atoms with Crippen LogP contribution in [0.3, 0.4) is 0 Å². The summed E-state index contributed by atoms with van der Waals surface area (Å²) in [7, 11) is 1.50. The summed E-state index contributed by atoms with van der Waals surface area (Å²) < 4.78 is 44.2. The molecule has 8 nitrogen and oxygen atoms in total. The van der Waals surface area contributed by atoms with E-state index in [4.69, 9.17) is 4.74 Å². The zero-order valence-corrected chi connectivity index (χ0v) is 20.0. The van der Waals surface area contributed by atoms with Gasteiger partial charge in [-0.25, -0.2) is 9.97 Å². The lowest BCUT2D eigenvalue weighted by Gasteiger charge is -2.15. The molecule has 194 valence electrons. The largest absolute Gasteiger partial charge is 0.493 e. The van der Waals surface area contributed by atoms with Gasteiger partial charge >= 0.3 is 6.18 Å². The number of β-amino-alcohol motifs (C(OH)–C–C–N with tert-alkyl or cyclic N) is 1. The quantitative estimate of drug-likeness (QED) is 0.299. The number of rotatable bonds is 9. The van der Waals surface area contributed by atoms with E-state index in [1.807, 2.05) is 0 Å². The van der Waals surface area contributed by atoms with Gasteiger partial charge < -0.3 is 25.8 Å². The van der Waals surface area contributed by atoms with E-state index in [0.717, 1.165) is 38.1 Å². The second-order valence-corrected chi connectivity index (χ2v) is 8.24. The Kier molecular flexibility index (Phi) is 9.57. The molecule has 0 amide bonds. The summed E-state index contributed by atoms with van der Waals surface area (Å²) in [6.45, 7) is 3.05. The summed E-state index contributed by atoms with van der Waals surface area (Å²) in [5.74, 6) is 0.952. The highest BCUT2D eigenvalue weighted by molar-refractivity contribution is 6.00. The normalized spacial score (nSPS) is 15.9. The molecule has 1 aromatic heterocycles. The maximum atomic E-state index is 12.8. The Morgan fingerprint density at radius 2 is 1.97 bits per heavy atom. The first-order chi connectivity index (χ1) is 17.3. The van der Waals surface area contributed by atoms with Gasteiger partial charge in [0, 0.05) is 37.1 Å². The summed E-state index contributed by atoms with van der Waals surface area (Å²) in [6, 6.07) is 8.26. The Labute approximate surface area is 207 Å². The number of nitrogens with one attached hydrogen (secondary N) is 1. The number of hydrogen-bond donors (Lipinski definition) is 3. The summed E-state index contributed by atoms with van der Waals surface area (Å²) in [4.78, 5) is 22.3. The third-order valence-electron chi connectivity index (χ3n) is 5.74. The van der Waals surface area contributed by atoms with E-state index in [1.165, 1.54) is 25.5 Å². The maximum Gasteiger partial charge on any atom is 0.416 e. The summed E-state index contributed by atoms with van der Waals surface area (Å²) in [5.41, 5.74) is 5.25. The number of fused-ring (bicyclic) bond motifs is 1. The Morgan fingerprint density at radius 3 is 2.61 bits per heavy atom. The van der Waals surface area contributed by atoms with Crippen molar-refractivity contribution in [1.29, 1.82) is 0 Å². The number of halogens is 3. The lowest BCUT2D eigenvalue weighted by Crippen LogP contribution is -2.24. The van der Waals surface area contributed by atoms with Crippen LogP contribution in [-0.2, 0) is 12.7 Å². The SMILES string of the molecule is CN.O=Cc1cc(OCCCN2CCC(O)C2)cc2c(NCc3ccc(C(F)(F)F)cc3)ncnc12. The van der Waals surface area contributed by atoms with Gasteiger partial charge in [-0.15, -0.1) is 0 Å². The Morgan fingerprint density at radius 1 is 1.22 bits per heavy atom. The molecule has 1 aliphatic heterocycles. The highest BCUT2D eigenvalue weighted by Gasteiger charge is 2.29. The molecule has 0 saturated carbocycles. The van der Waals surface area contributed by atoms with Crippen LogP contribution in [0.4, 0.5) is 19.0 Å². The molecule has 0 radical (unpaired) electrons. The molecule has 4 N–H and O–H groups in total. The van der Waals surface area contributed by atoms with Crippen LogP contribution in [0.15, 0.2) is 42.7 Å². The lowest BCUT2D eigenvalue weighted by molar-refractivity contribution is -0.137. The van der Waals surface area contributed by atoms with Crippen LogP contribution in [0, 0.1) is 0 Å². The van der Waals surface area contributed by atoms with E-state index in [2.05, 4.69) is 25.9 Å². The van der Waals surface area contributed by atoms with Crippen molar-refractivity contribution < 1.29 is 27.8 Å². The van der Waals surface area contributed by atoms with E-state index in [0.29, 0.717) is 53.0 Å². The average molecular weight is 506 g/mol. The number of alkyl halides is 3. The highest BCUT2D eigenvalue weighted by Crippen LogP contribution is 2.30. The van der Waals surface area contributed by atoms with Gasteiger partial charge in [0.1, 0.15) is 17.9 Å². The second kappa shape index (κ2) is 12.6. The number of carbonyl (C=O) groups is 1. The van der Waals surface area contributed by atoms with E-state index >= 15 is 0 Å². The number of aromatic nitrogens is 2. The van der Waals surface area contributed by atoms with Crippen molar-refractivity contribution in [2.24, 2.45) is 5.73 Å². The van der Waals surface area contributed by atoms with Crippen molar-refractivity contribution in [1.82, 2.24) is 14.9 Å². The molecule has 2 heterocycles. The molecule has 1 saturated heterocycles. The fourth-order valence-corrected chi connectivity index (χ4v) is 3.97. The number of ether oxygens (including phenoxy) is 1. The van der Waals surface area contributed by atoms with Gasteiger partial charge in [0.2, 0.25) is 0 Å². The standard InChI is InChI=1S/C24H25F3N4O3.CH5N/c25-24(26,27)18-4-2-16(3-5-18)12-28-23-21-11-20(10-17(14-32)22(21)29-15-30-23)34-9-1-7-31-8-6-19(33)13-31;1-2/h2-5,10-11,14-15,19,33H,1,6-9,12-13H2,(H,28,29,30);2H2,1H3. The molecule has 1 unspecified atom stereocenters. The average Bonchev–Trinajstić information content (AvgIpc) is 3.30. The van der Waals surface area contributed by atoms with Crippen LogP contribution in [0.5, 0.6) is 5.75 Å². The van der Waals surface area contributed by atoms with Crippen molar-refractivity contribution in [3.63, 3.8) is 0 Å². The number of anilines is 1. The van der Waals surface area contributed by atoms with Gasteiger partial charge in [-0.05, 0) is 49.7 Å². The number of likely N-dealkylation sites (tertiary alicyclic amines) is 1. The number of hydrogen-bond acceptors (Lipinski definition) is 8. The van der Waals surface area contributed by atoms with Crippen LogP contribution < -0.4 is 15.8 Å². The van der Waals surface area contributed by atoms with Crippen molar-refractivity contribution in [2.75, 3.05) is 38.6 Å².